The summed E-state index contributed by atoms with van der Waals surface area (Å²) in [5, 5.41) is 0. The Kier molecular flexibility index (Phi) is 6.83. The molecular weight excluding hydrogens is 324 g/mol. The first-order valence-corrected chi connectivity index (χ1v) is 8.47. The van der Waals surface area contributed by atoms with Gasteiger partial charge in [-0.1, -0.05) is 17.7 Å². The molecule has 23 heavy (non-hydrogen) atoms. The Morgan fingerprint density at radius 1 is 1.39 bits per heavy atom. The maximum absolute atomic E-state index is 14.6. The van der Waals surface area contributed by atoms with Gasteiger partial charge in [0.2, 0.25) is 6.17 Å². The summed E-state index contributed by atoms with van der Waals surface area (Å²) in [6.45, 7) is 8.35. The Hall–Kier alpha value is -1.34. The van der Waals surface area contributed by atoms with E-state index in [1.165, 1.54) is 18.2 Å². The molecule has 0 aliphatic rings. The van der Waals surface area contributed by atoms with E-state index in [9.17, 15) is 17.8 Å². The van der Waals surface area contributed by atoms with Crippen LogP contribution in [0.5, 0.6) is 0 Å². The monoisotopic (exact) mass is 347 g/mol. The Bertz CT molecular complexity index is 587. The van der Waals surface area contributed by atoms with E-state index >= 15 is 0 Å². The van der Waals surface area contributed by atoms with Gasteiger partial charge >= 0.3 is 5.97 Å². The number of nitrogens with one attached hydrogen (secondary N) is 1. The fourth-order valence-electron chi connectivity index (χ4n) is 1.83. The minimum atomic E-state index is -2.17. The number of esters is 1. The van der Waals surface area contributed by atoms with Crippen LogP contribution in [0, 0.1) is 12.7 Å². The van der Waals surface area contributed by atoms with Crippen molar-refractivity contribution in [3.8, 4) is 0 Å². The standard InChI is InChI=1S/C16H23F2NO3S/c1-6-22-15(20)13(18)14(19-23(21)16(3,4)5)11-9-10(2)7-8-12(11)17/h7-9,13-14,19H,6H2,1-5H3/t13-,14-,23-/m1/s1. The average Bonchev–Trinajstić information content (AvgIpc) is 2.45. The Labute approximate surface area is 138 Å². The average molecular weight is 347 g/mol. The molecule has 0 unspecified atom stereocenters. The molecule has 0 fully saturated rings. The van der Waals surface area contributed by atoms with Gasteiger partial charge in [-0.05, 0) is 40.7 Å². The zero-order valence-corrected chi connectivity index (χ0v) is 14.8. The summed E-state index contributed by atoms with van der Waals surface area (Å²) in [4.78, 5) is 11.7. The SMILES string of the molecule is CCOC(=O)[C@H](F)[C@H](N[S@](=O)C(C)(C)C)c1cc(C)ccc1F. The maximum Gasteiger partial charge on any atom is 0.342 e. The van der Waals surface area contributed by atoms with Crippen molar-refractivity contribution in [1.29, 1.82) is 0 Å². The molecule has 0 bridgehead atoms. The van der Waals surface area contributed by atoms with Crippen LogP contribution in [-0.2, 0) is 20.5 Å². The first-order valence-electron chi connectivity index (χ1n) is 7.32. The molecule has 0 aromatic heterocycles. The van der Waals surface area contributed by atoms with Crippen molar-refractivity contribution in [2.75, 3.05) is 6.61 Å². The quantitative estimate of drug-likeness (QED) is 0.805. The number of benzene rings is 1. The second kappa shape index (κ2) is 7.97. The summed E-state index contributed by atoms with van der Waals surface area (Å²) in [5.74, 6) is -1.79. The third kappa shape index (κ3) is 5.35. The molecule has 1 aromatic rings. The minimum Gasteiger partial charge on any atom is -0.464 e. The van der Waals surface area contributed by atoms with E-state index in [1.807, 2.05) is 0 Å². The van der Waals surface area contributed by atoms with Crippen LogP contribution in [0.15, 0.2) is 18.2 Å². The lowest BCUT2D eigenvalue weighted by Crippen LogP contribution is -2.42. The molecule has 0 heterocycles. The minimum absolute atomic E-state index is 0.00460. The lowest BCUT2D eigenvalue weighted by molar-refractivity contribution is -0.150. The molecule has 7 heteroatoms. The number of carbonyl (C=O) groups excluding carboxylic acids is 1. The van der Waals surface area contributed by atoms with Gasteiger partial charge in [-0.3, -0.25) is 0 Å². The molecule has 0 saturated carbocycles. The van der Waals surface area contributed by atoms with Crippen molar-refractivity contribution >= 4 is 17.0 Å². The van der Waals surface area contributed by atoms with Crippen molar-refractivity contribution in [1.82, 2.24) is 4.72 Å². The van der Waals surface area contributed by atoms with Crippen LogP contribution in [0.1, 0.15) is 44.9 Å². The smallest absolute Gasteiger partial charge is 0.342 e. The van der Waals surface area contributed by atoms with Crippen LogP contribution in [0.3, 0.4) is 0 Å². The van der Waals surface area contributed by atoms with Crippen LogP contribution >= 0.6 is 0 Å². The number of rotatable bonds is 6. The zero-order chi connectivity index (χ0) is 17.8. The van der Waals surface area contributed by atoms with E-state index in [0.29, 0.717) is 5.56 Å². The number of carbonyl (C=O) groups is 1. The number of hydrogen-bond acceptors (Lipinski definition) is 3. The summed E-state index contributed by atoms with van der Waals surface area (Å²) in [7, 11) is -1.69. The van der Waals surface area contributed by atoms with Crippen LogP contribution in [0.4, 0.5) is 8.78 Å². The predicted octanol–water partition coefficient (Wildman–Crippen LogP) is 3.13. The van der Waals surface area contributed by atoms with E-state index in [2.05, 4.69) is 9.46 Å². The predicted molar refractivity (Wildman–Crippen MR) is 86.4 cm³/mol. The van der Waals surface area contributed by atoms with Gasteiger partial charge < -0.3 is 4.74 Å². The van der Waals surface area contributed by atoms with Gasteiger partial charge in [0.15, 0.2) is 0 Å². The van der Waals surface area contributed by atoms with Gasteiger partial charge in [0.25, 0.3) is 0 Å². The molecule has 0 amide bonds. The summed E-state index contributed by atoms with van der Waals surface area (Å²) >= 11 is 0. The summed E-state index contributed by atoms with van der Waals surface area (Å²) < 4.78 is 47.5. The molecule has 1 rings (SSSR count). The topological polar surface area (TPSA) is 55.4 Å². The fraction of sp³-hybridized carbons (Fsp3) is 0.562. The largest absolute Gasteiger partial charge is 0.464 e. The molecule has 0 aliphatic heterocycles. The second-order valence-corrected chi connectivity index (χ2v) is 8.15. The van der Waals surface area contributed by atoms with Crippen molar-refractivity contribution in [2.45, 2.75) is 51.6 Å². The molecule has 0 aliphatic carbocycles. The van der Waals surface area contributed by atoms with Crippen LogP contribution in [-0.4, -0.2) is 27.7 Å². The summed E-state index contributed by atoms with van der Waals surface area (Å²) in [6, 6.07) is 2.76. The van der Waals surface area contributed by atoms with Gasteiger partial charge in [0.1, 0.15) is 5.82 Å². The Morgan fingerprint density at radius 3 is 2.52 bits per heavy atom. The lowest BCUT2D eigenvalue weighted by Gasteiger charge is -2.26. The van der Waals surface area contributed by atoms with Gasteiger partial charge in [-0.25, -0.2) is 22.5 Å². The first kappa shape index (κ1) is 19.7. The van der Waals surface area contributed by atoms with Gasteiger partial charge in [-0.2, -0.15) is 0 Å². The van der Waals surface area contributed by atoms with E-state index in [-0.39, 0.29) is 12.2 Å². The Balaban J connectivity index is 3.23. The summed E-state index contributed by atoms with van der Waals surface area (Å²) in [6.07, 6.45) is -2.17. The second-order valence-electron chi connectivity index (χ2n) is 6.16. The highest BCUT2D eigenvalue weighted by atomic mass is 32.2. The molecule has 0 saturated heterocycles. The van der Waals surface area contributed by atoms with Gasteiger partial charge in [-0.15, -0.1) is 0 Å². The van der Waals surface area contributed by atoms with Crippen molar-refractivity contribution < 1.29 is 22.5 Å². The van der Waals surface area contributed by atoms with E-state index in [0.717, 1.165) is 0 Å². The number of aryl methyl sites for hydroxylation is 1. The molecule has 1 aromatic carbocycles. The molecule has 130 valence electrons. The third-order valence-electron chi connectivity index (χ3n) is 3.08. The maximum atomic E-state index is 14.6. The molecular formula is C16H23F2NO3S. The van der Waals surface area contributed by atoms with Crippen LogP contribution in [0.25, 0.3) is 0 Å². The Morgan fingerprint density at radius 2 is 2.00 bits per heavy atom. The molecule has 0 spiro atoms. The van der Waals surface area contributed by atoms with Crippen LogP contribution < -0.4 is 4.72 Å². The number of ether oxygens (including phenoxy) is 1. The van der Waals surface area contributed by atoms with Crippen molar-refractivity contribution in [2.24, 2.45) is 0 Å². The zero-order valence-electron chi connectivity index (χ0n) is 14.0. The van der Waals surface area contributed by atoms with Crippen molar-refractivity contribution in [3.63, 3.8) is 0 Å². The molecule has 4 nitrogen and oxygen atoms in total. The van der Waals surface area contributed by atoms with Gasteiger partial charge in [0.05, 0.1) is 28.4 Å². The van der Waals surface area contributed by atoms with Crippen LogP contribution in [0.2, 0.25) is 0 Å². The number of hydrogen-bond donors (Lipinski definition) is 1. The highest BCUT2D eigenvalue weighted by Crippen LogP contribution is 2.26. The number of alkyl halides is 1. The highest BCUT2D eigenvalue weighted by molar-refractivity contribution is 7.84. The van der Waals surface area contributed by atoms with E-state index in [4.69, 9.17) is 0 Å². The summed E-state index contributed by atoms with van der Waals surface area (Å²) in [5.41, 5.74) is 0.647. The van der Waals surface area contributed by atoms with E-state index in [1.54, 1.807) is 34.6 Å². The normalized spacial score (nSPS) is 15.8. The van der Waals surface area contributed by atoms with Gasteiger partial charge in [0, 0.05) is 5.56 Å². The molecule has 0 radical (unpaired) electrons. The van der Waals surface area contributed by atoms with E-state index < -0.39 is 39.7 Å². The molecule has 1 N–H and O–H groups in total. The fourth-order valence-corrected chi connectivity index (χ4v) is 2.66. The van der Waals surface area contributed by atoms with Crippen molar-refractivity contribution in [3.05, 3.63) is 35.1 Å². The lowest BCUT2D eigenvalue weighted by atomic mass is 10.0. The highest BCUT2D eigenvalue weighted by Gasteiger charge is 2.35. The molecule has 3 atom stereocenters. The third-order valence-corrected chi connectivity index (χ3v) is 4.66. The first-order chi connectivity index (χ1) is 10.6. The number of halogens is 2.